The van der Waals surface area contributed by atoms with Crippen LogP contribution in [-0.4, -0.2) is 30.3 Å². The maximum atomic E-state index is 10.0. The van der Waals surface area contributed by atoms with Crippen LogP contribution in [0.2, 0.25) is 0 Å². The van der Waals surface area contributed by atoms with E-state index in [0.29, 0.717) is 6.54 Å². The molecule has 2 aromatic rings. The van der Waals surface area contributed by atoms with E-state index in [9.17, 15) is 5.11 Å². The number of hydrogen-bond acceptors (Lipinski definition) is 3. The van der Waals surface area contributed by atoms with Gasteiger partial charge in [-0.25, -0.2) is 0 Å². The van der Waals surface area contributed by atoms with Gasteiger partial charge >= 0.3 is 0 Å². The minimum Gasteiger partial charge on any atom is -0.389 e. The summed E-state index contributed by atoms with van der Waals surface area (Å²) in [5.41, 5.74) is 6.09. The van der Waals surface area contributed by atoms with Gasteiger partial charge in [-0.1, -0.05) is 36.4 Å². The fourth-order valence-electron chi connectivity index (χ4n) is 2.69. The highest BCUT2D eigenvalue weighted by atomic mass is 16.3. The van der Waals surface area contributed by atoms with Crippen molar-refractivity contribution < 1.29 is 5.11 Å². The molecule has 1 unspecified atom stereocenters. The Morgan fingerprint density at radius 2 is 1.86 bits per heavy atom. The van der Waals surface area contributed by atoms with Gasteiger partial charge in [-0.2, -0.15) is 0 Å². The summed E-state index contributed by atoms with van der Waals surface area (Å²) in [5, 5.41) is 12.6. The molecule has 2 aromatic carbocycles. The third kappa shape index (κ3) is 3.96. The first kappa shape index (κ1) is 15.8. The summed E-state index contributed by atoms with van der Waals surface area (Å²) in [6.45, 7) is 6.18. The van der Waals surface area contributed by atoms with E-state index in [0.717, 1.165) is 25.9 Å². The third-order valence-corrected chi connectivity index (χ3v) is 4.07. The largest absolute Gasteiger partial charge is 0.389 e. The molecule has 0 saturated carbocycles. The zero-order valence-electron chi connectivity index (χ0n) is 13.0. The average Bonchev–Trinajstić information content (AvgIpc) is 2.51. The molecule has 0 aliphatic rings. The molecular weight excluding hydrogens is 260 g/mol. The van der Waals surface area contributed by atoms with Crippen molar-refractivity contribution in [2.24, 2.45) is 5.73 Å². The molecule has 0 fully saturated rings. The normalized spacial score (nSPS) is 14.1. The number of hydrogen-bond donors (Lipinski definition) is 2. The van der Waals surface area contributed by atoms with Crippen LogP contribution in [0, 0.1) is 0 Å². The highest BCUT2D eigenvalue weighted by Crippen LogP contribution is 2.27. The van der Waals surface area contributed by atoms with Gasteiger partial charge in [-0.3, -0.25) is 0 Å². The van der Waals surface area contributed by atoms with Crippen molar-refractivity contribution in [3.8, 4) is 0 Å². The topological polar surface area (TPSA) is 49.5 Å². The Labute approximate surface area is 127 Å². The molecule has 0 bridgehead atoms. The molecule has 0 amide bonds. The number of nitrogens with zero attached hydrogens (tertiary/aromatic N) is 1. The van der Waals surface area contributed by atoms with Gasteiger partial charge in [0.05, 0.1) is 5.60 Å². The smallest absolute Gasteiger partial charge is 0.0742 e. The second-order valence-corrected chi connectivity index (χ2v) is 5.88. The van der Waals surface area contributed by atoms with Crippen molar-refractivity contribution in [3.05, 3.63) is 42.5 Å². The van der Waals surface area contributed by atoms with Crippen LogP contribution in [0.5, 0.6) is 0 Å². The molecule has 0 aliphatic carbocycles. The van der Waals surface area contributed by atoms with Gasteiger partial charge in [0.2, 0.25) is 0 Å². The molecule has 0 radical (unpaired) electrons. The number of benzene rings is 2. The second-order valence-electron chi connectivity index (χ2n) is 5.88. The fourth-order valence-corrected chi connectivity index (χ4v) is 2.69. The number of nitrogens with two attached hydrogens (primary N) is 1. The van der Waals surface area contributed by atoms with Crippen LogP contribution in [0.15, 0.2) is 42.5 Å². The van der Waals surface area contributed by atoms with E-state index in [1.54, 1.807) is 6.92 Å². The molecule has 3 nitrogen and oxygen atoms in total. The molecule has 1 atom stereocenters. The van der Waals surface area contributed by atoms with Crippen molar-refractivity contribution in [1.82, 2.24) is 0 Å². The van der Waals surface area contributed by atoms with Crippen molar-refractivity contribution in [3.63, 3.8) is 0 Å². The molecule has 0 aromatic heterocycles. The Balaban J connectivity index is 2.13. The van der Waals surface area contributed by atoms with Gasteiger partial charge in [0.25, 0.3) is 0 Å². The van der Waals surface area contributed by atoms with Crippen LogP contribution in [0.1, 0.15) is 26.7 Å². The maximum absolute atomic E-state index is 10.0. The van der Waals surface area contributed by atoms with Crippen molar-refractivity contribution >= 4 is 16.5 Å². The summed E-state index contributed by atoms with van der Waals surface area (Å²) < 4.78 is 0. The van der Waals surface area contributed by atoms with Gasteiger partial charge in [0.15, 0.2) is 0 Å². The van der Waals surface area contributed by atoms with Gasteiger partial charge in [-0.15, -0.1) is 0 Å². The van der Waals surface area contributed by atoms with E-state index in [1.165, 1.54) is 16.5 Å². The van der Waals surface area contributed by atoms with Crippen molar-refractivity contribution in [1.29, 1.82) is 0 Å². The summed E-state index contributed by atoms with van der Waals surface area (Å²) in [6, 6.07) is 14.9. The highest BCUT2D eigenvalue weighted by Gasteiger charge is 2.18. The first-order valence-corrected chi connectivity index (χ1v) is 7.72. The SMILES string of the molecule is CCN(CCCC(C)(O)CN)c1cccc2ccccc12. The predicted octanol–water partition coefficient (Wildman–Crippen LogP) is 3.16. The van der Waals surface area contributed by atoms with Crippen LogP contribution in [0.4, 0.5) is 5.69 Å². The summed E-state index contributed by atoms with van der Waals surface area (Å²) >= 11 is 0. The molecule has 0 aliphatic heterocycles. The summed E-state index contributed by atoms with van der Waals surface area (Å²) in [5.74, 6) is 0. The fraction of sp³-hybridized carbons (Fsp3) is 0.444. The summed E-state index contributed by atoms with van der Waals surface area (Å²) in [4.78, 5) is 2.37. The lowest BCUT2D eigenvalue weighted by molar-refractivity contribution is 0.0584. The van der Waals surface area contributed by atoms with Crippen molar-refractivity contribution in [2.45, 2.75) is 32.3 Å². The van der Waals surface area contributed by atoms with Gasteiger partial charge in [0, 0.05) is 30.7 Å². The lowest BCUT2D eigenvalue weighted by Gasteiger charge is -2.27. The van der Waals surface area contributed by atoms with Crippen LogP contribution in [0.3, 0.4) is 0 Å². The van der Waals surface area contributed by atoms with E-state index < -0.39 is 5.60 Å². The zero-order chi connectivity index (χ0) is 15.3. The standard InChI is InChI=1S/C18H26N2O/c1-3-20(13-7-12-18(2,21)14-19)17-11-6-9-15-8-4-5-10-16(15)17/h4-6,8-11,21H,3,7,12-14,19H2,1-2H3. The second kappa shape index (κ2) is 6.92. The molecule has 21 heavy (non-hydrogen) atoms. The van der Waals surface area contributed by atoms with Crippen LogP contribution >= 0.6 is 0 Å². The average molecular weight is 286 g/mol. The van der Waals surface area contributed by atoms with Crippen LogP contribution < -0.4 is 10.6 Å². The lowest BCUT2D eigenvalue weighted by Crippen LogP contribution is -2.35. The quantitative estimate of drug-likeness (QED) is 0.822. The minimum atomic E-state index is -0.752. The molecule has 3 heteroatoms. The molecule has 0 saturated heterocycles. The van der Waals surface area contributed by atoms with Gasteiger partial charge < -0.3 is 15.7 Å². The van der Waals surface area contributed by atoms with Crippen LogP contribution in [0.25, 0.3) is 10.8 Å². The third-order valence-electron chi connectivity index (χ3n) is 4.07. The predicted molar refractivity (Wildman–Crippen MR) is 90.7 cm³/mol. The van der Waals surface area contributed by atoms with Crippen LogP contribution in [-0.2, 0) is 0 Å². The molecular formula is C18H26N2O. The molecule has 114 valence electrons. The number of anilines is 1. The van der Waals surface area contributed by atoms with E-state index in [4.69, 9.17) is 5.73 Å². The summed E-state index contributed by atoms with van der Waals surface area (Å²) in [7, 11) is 0. The maximum Gasteiger partial charge on any atom is 0.0742 e. The van der Waals surface area contributed by atoms with Gasteiger partial charge in [-0.05, 0) is 38.1 Å². The molecule has 3 N–H and O–H groups in total. The number of rotatable bonds is 7. The Hall–Kier alpha value is -1.58. The molecule has 0 heterocycles. The summed E-state index contributed by atoms with van der Waals surface area (Å²) in [6.07, 6.45) is 1.66. The van der Waals surface area contributed by atoms with E-state index in [-0.39, 0.29) is 0 Å². The zero-order valence-corrected chi connectivity index (χ0v) is 13.0. The van der Waals surface area contributed by atoms with E-state index in [2.05, 4.69) is 54.3 Å². The van der Waals surface area contributed by atoms with E-state index >= 15 is 0 Å². The Morgan fingerprint density at radius 3 is 2.57 bits per heavy atom. The molecule has 0 spiro atoms. The van der Waals surface area contributed by atoms with Crippen molar-refractivity contribution in [2.75, 3.05) is 24.5 Å². The Morgan fingerprint density at radius 1 is 1.14 bits per heavy atom. The van der Waals surface area contributed by atoms with E-state index in [1.807, 2.05) is 0 Å². The monoisotopic (exact) mass is 286 g/mol. The lowest BCUT2D eigenvalue weighted by atomic mass is 10.00. The number of fused-ring (bicyclic) bond motifs is 1. The number of aliphatic hydroxyl groups is 1. The molecule has 2 rings (SSSR count). The minimum absolute atomic E-state index is 0.313. The highest BCUT2D eigenvalue weighted by molar-refractivity contribution is 5.94. The van der Waals surface area contributed by atoms with Gasteiger partial charge in [0.1, 0.15) is 0 Å². The first-order chi connectivity index (χ1) is 10.1. The Kier molecular flexibility index (Phi) is 5.21. The Bertz CT molecular complexity index is 575. The first-order valence-electron chi connectivity index (χ1n) is 7.72.